The van der Waals surface area contributed by atoms with Gasteiger partial charge in [-0.1, -0.05) is 32.1 Å². The summed E-state index contributed by atoms with van der Waals surface area (Å²) in [5, 5.41) is 19.6. The molecule has 3 aliphatic rings. The summed E-state index contributed by atoms with van der Waals surface area (Å²) in [7, 11) is 0. The van der Waals surface area contributed by atoms with Gasteiger partial charge in [-0.3, -0.25) is 0 Å². The molecular weight excluding hydrogens is 260 g/mol. The normalized spacial score (nSPS) is 29.8. The van der Waals surface area contributed by atoms with Crippen LogP contribution in [0.5, 0.6) is 11.5 Å². The largest absolute Gasteiger partial charge is 0.504 e. The van der Waals surface area contributed by atoms with Gasteiger partial charge >= 0.3 is 0 Å². The molecule has 21 heavy (non-hydrogen) atoms. The first-order chi connectivity index (χ1) is 9.86. The number of hydrogen-bond donors (Lipinski definition) is 2. The molecule has 0 aromatic heterocycles. The topological polar surface area (TPSA) is 40.5 Å². The second-order valence-electron chi connectivity index (χ2n) is 7.20. The van der Waals surface area contributed by atoms with Gasteiger partial charge in [0, 0.05) is 5.92 Å². The van der Waals surface area contributed by atoms with E-state index >= 15 is 0 Å². The van der Waals surface area contributed by atoms with E-state index < -0.39 is 0 Å². The van der Waals surface area contributed by atoms with Gasteiger partial charge in [0.25, 0.3) is 0 Å². The molecule has 0 radical (unpaired) electrons. The maximum absolute atomic E-state index is 9.88. The summed E-state index contributed by atoms with van der Waals surface area (Å²) in [5.74, 6) is 1.51. The van der Waals surface area contributed by atoms with Crippen LogP contribution in [0.3, 0.4) is 0 Å². The van der Waals surface area contributed by atoms with Crippen molar-refractivity contribution in [2.75, 3.05) is 0 Å². The van der Waals surface area contributed by atoms with Crippen molar-refractivity contribution in [2.24, 2.45) is 17.3 Å². The van der Waals surface area contributed by atoms with Crippen LogP contribution in [0.25, 0.3) is 0 Å². The molecule has 2 bridgehead atoms. The second-order valence-corrected chi connectivity index (χ2v) is 7.20. The zero-order valence-corrected chi connectivity index (χ0v) is 12.9. The molecule has 4 rings (SSSR count). The predicted octanol–water partition coefficient (Wildman–Crippen LogP) is 4.53. The molecule has 0 spiro atoms. The lowest BCUT2D eigenvalue weighted by Crippen LogP contribution is -2.51. The van der Waals surface area contributed by atoms with Gasteiger partial charge in [0.15, 0.2) is 11.5 Å². The highest BCUT2D eigenvalue weighted by Gasteiger charge is 2.54. The molecule has 3 aliphatic carbocycles. The van der Waals surface area contributed by atoms with Gasteiger partial charge in [-0.2, -0.15) is 0 Å². The van der Waals surface area contributed by atoms with E-state index in [4.69, 9.17) is 0 Å². The van der Waals surface area contributed by atoms with Crippen molar-refractivity contribution in [3.05, 3.63) is 48.1 Å². The second kappa shape index (κ2) is 4.66. The van der Waals surface area contributed by atoms with Gasteiger partial charge in [0.2, 0.25) is 0 Å². The lowest BCUT2D eigenvalue weighted by molar-refractivity contribution is -0.0349. The standard InChI is InChI=1S/C19H24O2/c1-5-6-12-7-17(20)18(21)10-15(12)14-8-13-9-16(11(14)2)19(13,3)4/h5,7,10,13-14,16,20-21H,1-2,6,8-9H2,3-4H3/t13-,14+,16+/m1/s1. The van der Waals surface area contributed by atoms with Crippen molar-refractivity contribution in [2.45, 2.75) is 39.0 Å². The van der Waals surface area contributed by atoms with Crippen molar-refractivity contribution in [3.8, 4) is 11.5 Å². The van der Waals surface area contributed by atoms with Gasteiger partial charge < -0.3 is 10.2 Å². The van der Waals surface area contributed by atoms with Crippen LogP contribution in [-0.2, 0) is 6.42 Å². The van der Waals surface area contributed by atoms with Crippen molar-refractivity contribution in [3.63, 3.8) is 0 Å². The molecule has 3 atom stereocenters. The monoisotopic (exact) mass is 284 g/mol. The summed E-state index contributed by atoms with van der Waals surface area (Å²) < 4.78 is 0. The molecule has 3 saturated carbocycles. The molecule has 1 aromatic rings. The third-order valence-electron chi connectivity index (χ3n) is 5.86. The molecule has 0 unspecified atom stereocenters. The number of hydrogen-bond acceptors (Lipinski definition) is 2. The van der Waals surface area contributed by atoms with Crippen molar-refractivity contribution >= 4 is 0 Å². The van der Waals surface area contributed by atoms with Crippen LogP contribution in [0.4, 0.5) is 0 Å². The predicted molar refractivity (Wildman–Crippen MR) is 85.5 cm³/mol. The van der Waals surface area contributed by atoms with Crippen molar-refractivity contribution < 1.29 is 10.2 Å². The molecule has 0 aliphatic heterocycles. The van der Waals surface area contributed by atoms with Gasteiger partial charge in [-0.15, -0.1) is 6.58 Å². The summed E-state index contributed by atoms with van der Waals surface area (Å²) in [5.41, 5.74) is 3.81. The Labute approximate surface area is 126 Å². The average molecular weight is 284 g/mol. The summed E-state index contributed by atoms with van der Waals surface area (Å²) in [6.45, 7) is 12.8. The van der Waals surface area contributed by atoms with E-state index in [1.54, 1.807) is 12.1 Å². The quantitative estimate of drug-likeness (QED) is 0.632. The highest BCUT2D eigenvalue weighted by Crippen LogP contribution is 2.64. The fraction of sp³-hybridized carbons (Fsp3) is 0.474. The van der Waals surface area contributed by atoms with Crippen LogP contribution in [0.1, 0.15) is 43.7 Å². The molecule has 0 saturated heterocycles. The van der Waals surface area contributed by atoms with E-state index in [0.29, 0.717) is 23.7 Å². The van der Waals surface area contributed by atoms with Crippen LogP contribution in [-0.4, -0.2) is 10.2 Å². The van der Waals surface area contributed by atoms with Crippen LogP contribution in [0, 0.1) is 17.3 Å². The molecule has 112 valence electrons. The molecule has 0 heterocycles. The minimum absolute atomic E-state index is 0.0379. The maximum Gasteiger partial charge on any atom is 0.157 e. The molecule has 0 amide bonds. The summed E-state index contributed by atoms with van der Waals surface area (Å²) >= 11 is 0. The van der Waals surface area contributed by atoms with E-state index in [2.05, 4.69) is 27.0 Å². The summed E-state index contributed by atoms with van der Waals surface area (Å²) in [4.78, 5) is 0. The Balaban J connectivity index is 2.00. The van der Waals surface area contributed by atoms with Crippen molar-refractivity contribution in [1.29, 1.82) is 0 Å². The van der Waals surface area contributed by atoms with E-state index in [0.717, 1.165) is 23.5 Å². The molecule has 1 aromatic carbocycles. The first-order valence-electron chi connectivity index (χ1n) is 7.70. The Morgan fingerprint density at radius 1 is 1.24 bits per heavy atom. The van der Waals surface area contributed by atoms with Crippen LogP contribution in [0.15, 0.2) is 36.9 Å². The highest BCUT2D eigenvalue weighted by atomic mass is 16.3. The number of fused-ring (bicyclic) bond motifs is 2. The Kier molecular flexibility index (Phi) is 3.16. The number of benzene rings is 1. The minimum Gasteiger partial charge on any atom is -0.504 e. The molecular formula is C19H24O2. The first-order valence-corrected chi connectivity index (χ1v) is 7.70. The first kappa shape index (κ1) is 14.2. The van der Waals surface area contributed by atoms with Crippen LogP contribution in [0.2, 0.25) is 0 Å². The Morgan fingerprint density at radius 3 is 2.48 bits per heavy atom. The highest BCUT2D eigenvalue weighted by molar-refractivity contribution is 5.50. The van der Waals surface area contributed by atoms with Gasteiger partial charge in [-0.25, -0.2) is 0 Å². The number of phenolic OH excluding ortho intramolecular Hbond substituents is 2. The Bertz CT molecular complexity index is 612. The molecule has 2 N–H and O–H groups in total. The minimum atomic E-state index is -0.0532. The number of phenols is 2. The maximum atomic E-state index is 9.88. The van der Waals surface area contributed by atoms with Crippen LogP contribution >= 0.6 is 0 Å². The fourth-order valence-corrected chi connectivity index (χ4v) is 4.34. The van der Waals surface area contributed by atoms with E-state index in [9.17, 15) is 10.2 Å². The van der Waals surface area contributed by atoms with Gasteiger partial charge in [-0.05, 0) is 59.8 Å². The zero-order chi connectivity index (χ0) is 15.4. The average Bonchev–Trinajstić information content (AvgIpc) is 2.42. The number of allylic oxidation sites excluding steroid dienone is 2. The SMILES string of the molecule is C=CCc1cc(O)c(O)cc1[C@H]1C[C@@H]2C[C@@H](C1=C)C2(C)C. The molecule has 2 nitrogen and oxygen atoms in total. The van der Waals surface area contributed by atoms with Gasteiger partial charge in [0.05, 0.1) is 0 Å². The smallest absolute Gasteiger partial charge is 0.157 e. The molecule has 3 fully saturated rings. The van der Waals surface area contributed by atoms with Crippen molar-refractivity contribution in [1.82, 2.24) is 0 Å². The van der Waals surface area contributed by atoms with E-state index in [-0.39, 0.29) is 11.5 Å². The summed E-state index contributed by atoms with van der Waals surface area (Å²) in [6, 6.07) is 3.40. The Hall–Kier alpha value is -1.70. The van der Waals surface area contributed by atoms with Crippen LogP contribution < -0.4 is 0 Å². The number of rotatable bonds is 3. The third kappa shape index (κ3) is 2.00. The van der Waals surface area contributed by atoms with E-state index in [1.165, 1.54) is 12.0 Å². The summed E-state index contributed by atoms with van der Waals surface area (Å²) in [6.07, 6.45) is 4.89. The lowest BCUT2D eigenvalue weighted by atomic mass is 9.44. The zero-order valence-electron chi connectivity index (χ0n) is 12.9. The fourth-order valence-electron chi connectivity index (χ4n) is 4.34. The Morgan fingerprint density at radius 2 is 1.90 bits per heavy atom. The van der Waals surface area contributed by atoms with E-state index in [1.807, 2.05) is 6.08 Å². The third-order valence-corrected chi connectivity index (χ3v) is 5.86. The number of aromatic hydroxyl groups is 2. The van der Waals surface area contributed by atoms with Gasteiger partial charge in [0.1, 0.15) is 0 Å². The lowest BCUT2D eigenvalue weighted by Gasteiger charge is -2.60. The molecule has 2 heteroatoms.